The average molecular weight is 293 g/mol. The first kappa shape index (κ1) is 14.2. The Labute approximate surface area is 117 Å². The van der Waals surface area contributed by atoms with Gasteiger partial charge in [0.05, 0.1) is 4.90 Å². The molecule has 7 nitrogen and oxygen atoms in total. The molecule has 0 fully saturated rings. The van der Waals surface area contributed by atoms with Gasteiger partial charge in [0.2, 0.25) is 0 Å². The molecular weight excluding hydrogens is 278 g/mol. The maximum Gasteiger partial charge on any atom is 0.175 e. The lowest BCUT2D eigenvalue weighted by Crippen LogP contribution is -2.11. The summed E-state index contributed by atoms with van der Waals surface area (Å²) in [5.74, 6) is 6.47. The van der Waals surface area contributed by atoms with Crippen LogP contribution >= 0.6 is 0 Å². The van der Waals surface area contributed by atoms with E-state index in [0.717, 1.165) is 11.3 Å². The number of nitrogens with zero attached hydrogens (tertiary/aromatic N) is 2. The predicted octanol–water partition coefficient (Wildman–Crippen LogP) is 1.22. The molecule has 0 unspecified atom stereocenters. The summed E-state index contributed by atoms with van der Waals surface area (Å²) in [4.78, 5) is 8.37. The standard InChI is InChI=1S/C12H15N5O2S/c1-8-11(14-7-15-12(8)17-13)16-9-3-5-10(6-4-9)20(2,18)19/h3-7H,13H2,1-2H3,(H2,14,15,16,17). The van der Waals surface area contributed by atoms with E-state index in [2.05, 4.69) is 20.7 Å². The third kappa shape index (κ3) is 3.03. The van der Waals surface area contributed by atoms with Crippen LogP contribution in [0.5, 0.6) is 0 Å². The third-order valence-corrected chi connectivity index (χ3v) is 3.89. The van der Waals surface area contributed by atoms with E-state index in [-0.39, 0.29) is 4.90 Å². The molecule has 0 atom stereocenters. The van der Waals surface area contributed by atoms with E-state index in [4.69, 9.17) is 5.84 Å². The van der Waals surface area contributed by atoms with E-state index in [1.807, 2.05) is 6.92 Å². The largest absolute Gasteiger partial charge is 0.340 e. The summed E-state index contributed by atoms with van der Waals surface area (Å²) in [5.41, 5.74) is 3.97. The Hall–Kier alpha value is -2.19. The van der Waals surface area contributed by atoms with Crippen LogP contribution in [0, 0.1) is 6.92 Å². The van der Waals surface area contributed by atoms with Crippen molar-refractivity contribution >= 4 is 27.2 Å². The highest BCUT2D eigenvalue weighted by Gasteiger charge is 2.08. The van der Waals surface area contributed by atoms with E-state index in [0.29, 0.717) is 11.6 Å². The van der Waals surface area contributed by atoms with Crippen LogP contribution in [-0.4, -0.2) is 24.6 Å². The number of benzene rings is 1. The lowest BCUT2D eigenvalue weighted by atomic mass is 10.3. The maximum absolute atomic E-state index is 11.4. The molecule has 0 saturated carbocycles. The van der Waals surface area contributed by atoms with Crippen molar-refractivity contribution in [3.8, 4) is 0 Å². The van der Waals surface area contributed by atoms with Gasteiger partial charge in [-0.2, -0.15) is 0 Å². The van der Waals surface area contributed by atoms with Crippen molar-refractivity contribution in [2.24, 2.45) is 5.84 Å². The number of aromatic nitrogens is 2. The Morgan fingerprint density at radius 3 is 2.25 bits per heavy atom. The maximum atomic E-state index is 11.4. The molecule has 0 aliphatic carbocycles. The van der Waals surface area contributed by atoms with Gasteiger partial charge in [-0.15, -0.1) is 0 Å². The van der Waals surface area contributed by atoms with Gasteiger partial charge < -0.3 is 10.7 Å². The minimum atomic E-state index is -3.19. The molecule has 8 heteroatoms. The molecule has 2 rings (SSSR count). The Morgan fingerprint density at radius 2 is 1.70 bits per heavy atom. The highest BCUT2D eigenvalue weighted by atomic mass is 32.2. The SMILES string of the molecule is Cc1c(NN)ncnc1Nc1ccc(S(C)(=O)=O)cc1. The number of hydrogen-bond acceptors (Lipinski definition) is 7. The summed E-state index contributed by atoms with van der Waals surface area (Å²) in [6.07, 6.45) is 2.55. The fourth-order valence-corrected chi connectivity index (χ4v) is 2.27. The van der Waals surface area contributed by atoms with Gasteiger partial charge in [-0.1, -0.05) is 0 Å². The third-order valence-electron chi connectivity index (χ3n) is 2.77. The molecule has 0 saturated heterocycles. The summed E-state index contributed by atoms with van der Waals surface area (Å²) in [7, 11) is -3.19. The zero-order chi connectivity index (χ0) is 14.8. The van der Waals surface area contributed by atoms with Crippen LogP contribution < -0.4 is 16.6 Å². The summed E-state index contributed by atoms with van der Waals surface area (Å²) in [6, 6.07) is 6.42. The monoisotopic (exact) mass is 293 g/mol. The normalized spacial score (nSPS) is 11.2. The highest BCUT2D eigenvalue weighted by Crippen LogP contribution is 2.22. The van der Waals surface area contributed by atoms with Crippen molar-refractivity contribution in [3.63, 3.8) is 0 Å². The molecule has 2 aromatic rings. The molecule has 20 heavy (non-hydrogen) atoms. The highest BCUT2D eigenvalue weighted by molar-refractivity contribution is 7.90. The predicted molar refractivity (Wildman–Crippen MR) is 77.4 cm³/mol. The van der Waals surface area contributed by atoms with Gasteiger partial charge in [0, 0.05) is 17.5 Å². The zero-order valence-electron chi connectivity index (χ0n) is 11.1. The van der Waals surface area contributed by atoms with Gasteiger partial charge in [-0.3, -0.25) is 0 Å². The van der Waals surface area contributed by atoms with E-state index in [1.54, 1.807) is 12.1 Å². The number of rotatable bonds is 4. The molecule has 1 aromatic heterocycles. The topological polar surface area (TPSA) is 110 Å². The van der Waals surface area contributed by atoms with Crippen molar-refractivity contribution < 1.29 is 8.42 Å². The summed E-state index contributed by atoms with van der Waals surface area (Å²) in [6.45, 7) is 1.82. The molecule has 0 aliphatic heterocycles. The molecule has 4 N–H and O–H groups in total. The van der Waals surface area contributed by atoms with Crippen LogP contribution in [0.2, 0.25) is 0 Å². The second-order valence-corrected chi connectivity index (χ2v) is 6.28. The first-order valence-corrected chi connectivity index (χ1v) is 7.66. The van der Waals surface area contributed by atoms with Crippen LogP contribution in [0.4, 0.5) is 17.3 Å². The van der Waals surface area contributed by atoms with E-state index >= 15 is 0 Å². The second-order valence-electron chi connectivity index (χ2n) is 4.26. The molecule has 1 aromatic carbocycles. The average Bonchev–Trinajstić information content (AvgIpc) is 2.41. The van der Waals surface area contributed by atoms with Gasteiger partial charge in [-0.05, 0) is 31.2 Å². The Kier molecular flexibility index (Phi) is 3.86. The van der Waals surface area contributed by atoms with Crippen LogP contribution in [0.15, 0.2) is 35.5 Å². The quantitative estimate of drug-likeness (QED) is 0.574. The minimum Gasteiger partial charge on any atom is -0.340 e. The Balaban J connectivity index is 2.27. The number of sulfone groups is 1. The molecule has 0 bridgehead atoms. The minimum absolute atomic E-state index is 0.270. The number of hydrogen-bond donors (Lipinski definition) is 3. The van der Waals surface area contributed by atoms with Gasteiger partial charge in [-0.25, -0.2) is 24.2 Å². The van der Waals surface area contributed by atoms with Crippen molar-refractivity contribution in [2.75, 3.05) is 17.0 Å². The molecule has 106 valence electrons. The number of nitrogens with one attached hydrogen (secondary N) is 2. The summed E-state index contributed by atoms with van der Waals surface area (Å²) >= 11 is 0. The van der Waals surface area contributed by atoms with Crippen LogP contribution in [0.3, 0.4) is 0 Å². The van der Waals surface area contributed by atoms with Crippen molar-refractivity contribution in [1.29, 1.82) is 0 Å². The number of anilines is 3. The second kappa shape index (κ2) is 5.43. The Morgan fingerprint density at radius 1 is 1.10 bits per heavy atom. The van der Waals surface area contributed by atoms with Crippen LogP contribution in [0.25, 0.3) is 0 Å². The first-order chi connectivity index (χ1) is 9.41. The summed E-state index contributed by atoms with van der Waals surface area (Å²) < 4.78 is 22.8. The van der Waals surface area contributed by atoms with Gasteiger partial charge >= 0.3 is 0 Å². The molecule has 1 heterocycles. The molecule has 0 amide bonds. The van der Waals surface area contributed by atoms with Crippen molar-refractivity contribution in [3.05, 3.63) is 36.2 Å². The number of nitrogens with two attached hydrogens (primary N) is 1. The first-order valence-electron chi connectivity index (χ1n) is 5.77. The number of nitrogen functional groups attached to an aromatic ring is 1. The van der Waals surface area contributed by atoms with E-state index in [1.165, 1.54) is 24.7 Å². The molecule has 0 radical (unpaired) electrons. The zero-order valence-corrected chi connectivity index (χ0v) is 11.9. The Bertz CT molecular complexity index is 713. The molecular formula is C12H15N5O2S. The van der Waals surface area contributed by atoms with E-state index < -0.39 is 9.84 Å². The lowest BCUT2D eigenvalue weighted by molar-refractivity contribution is 0.602. The summed E-state index contributed by atoms with van der Waals surface area (Å²) in [5, 5.41) is 3.08. The fourth-order valence-electron chi connectivity index (χ4n) is 1.64. The van der Waals surface area contributed by atoms with Crippen molar-refractivity contribution in [1.82, 2.24) is 9.97 Å². The van der Waals surface area contributed by atoms with Crippen molar-refractivity contribution in [2.45, 2.75) is 11.8 Å². The molecule has 0 spiro atoms. The molecule has 0 aliphatic rings. The smallest absolute Gasteiger partial charge is 0.175 e. The number of hydrazine groups is 1. The van der Waals surface area contributed by atoms with Crippen LogP contribution in [0.1, 0.15) is 5.56 Å². The van der Waals surface area contributed by atoms with E-state index in [9.17, 15) is 8.42 Å². The van der Waals surface area contributed by atoms with Gasteiger partial charge in [0.25, 0.3) is 0 Å². The lowest BCUT2D eigenvalue weighted by Gasteiger charge is -2.11. The van der Waals surface area contributed by atoms with Crippen LogP contribution in [-0.2, 0) is 9.84 Å². The van der Waals surface area contributed by atoms with Gasteiger partial charge in [0.1, 0.15) is 18.0 Å². The fraction of sp³-hybridized carbons (Fsp3) is 0.167. The van der Waals surface area contributed by atoms with Gasteiger partial charge in [0.15, 0.2) is 9.84 Å².